The molecule has 2 aliphatic rings. The minimum absolute atomic E-state index is 0.188. The smallest absolute Gasteiger partial charge is 0.271 e. The third kappa shape index (κ3) is 5.06. The maximum Gasteiger partial charge on any atom is 0.271 e. The van der Waals surface area contributed by atoms with Crippen LogP contribution in [-0.2, 0) is 14.4 Å². The van der Waals surface area contributed by atoms with Crippen molar-refractivity contribution in [2.75, 3.05) is 10.6 Å². The lowest BCUT2D eigenvalue weighted by Crippen LogP contribution is -2.72. The van der Waals surface area contributed by atoms with E-state index in [2.05, 4.69) is 26.6 Å². The number of fused-ring (bicyclic) bond motifs is 1. The van der Waals surface area contributed by atoms with Crippen LogP contribution in [0, 0.1) is 28.9 Å². The second-order valence-electron chi connectivity index (χ2n) is 8.04. The Kier molecular flexibility index (Phi) is 6.60. The lowest BCUT2D eigenvalue weighted by atomic mass is 9.81. The van der Waals surface area contributed by atoms with Gasteiger partial charge < -0.3 is 21.3 Å². The molecule has 2 aromatic carbocycles. The van der Waals surface area contributed by atoms with Crippen LogP contribution in [0.15, 0.2) is 36.4 Å². The van der Waals surface area contributed by atoms with Crippen LogP contribution in [0.25, 0.3) is 0 Å². The summed E-state index contributed by atoms with van der Waals surface area (Å²) in [5, 5.41) is 26.0. The molecule has 0 saturated carbocycles. The first-order valence-corrected chi connectivity index (χ1v) is 11.0. The predicted molar refractivity (Wildman–Crippen MR) is 125 cm³/mol. The van der Waals surface area contributed by atoms with E-state index in [1.54, 1.807) is 25.1 Å². The van der Waals surface area contributed by atoms with E-state index in [4.69, 9.17) is 23.2 Å². The number of nitrogens with zero attached hydrogens (tertiary/aromatic N) is 1. The molecule has 178 valence electrons. The Morgan fingerprint density at radius 2 is 1.82 bits per heavy atom. The first-order valence-electron chi connectivity index (χ1n) is 10.2. The molecule has 34 heavy (non-hydrogen) atoms. The number of benzene rings is 2. The molecule has 2 aromatic rings. The van der Waals surface area contributed by atoms with Crippen LogP contribution in [0.3, 0.4) is 0 Å². The van der Waals surface area contributed by atoms with Crippen molar-refractivity contribution in [2.24, 2.45) is 11.8 Å². The summed E-state index contributed by atoms with van der Waals surface area (Å²) in [7, 11) is 0. The van der Waals surface area contributed by atoms with Gasteiger partial charge in [0.05, 0.1) is 28.6 Å². The van der Waals surface area contributed by atoms with Crippen LogP contribution in [-0.4, -0.2) is 35.1 Å². The van der Waals surface area contributed by atoms with Gasteiger partial charge in [-0.2, -0.15) is 0 Å². The fourth-order valence-corrected chi connectivity index (χ4v) is 4.57. The molecule has 4 atom stereocenters. The Morgan fingerprint density at radius 1 is 1.12 bits per heavy atom. The van der Waals surface area contributed by atoms with Crippen LogP contribution < -0.4 is 26.6 Å². The lowest BCUT2D eigenvalue weighted by Gasteiger charge is -2.43. The summed E-state index contributed by atoms with van der Waals surface area (Å²) in [6.07, 6.45) is -1.81. The fourth-order valence-electron chi connectivity index (χ4n) is 4.04. The van der Waals surface area contributed by atoms with E-state index >= 15 is 0 Å². The van der Waals surface area contributed by atoms with E-state index in [0.717, 1.165) is 0 Å². The molecule has 0 aromatic heterocycles. The number of carbonyl (C=O) groups excluding carboxylic acids is 3. The molecule has 0 spiro atoms. The van der Waals surface area contributed by atoms with Crippen molar-refractivity contribution in [2.45, 2.75) is 25.8 Å². The van der Waals surface area contributed by atoms with Gasteiger partial charge in [0, 0.05) is 34.3 Å². The lowest BCUT2D eigenvalue weighted by molar-refractivity contribution is -0.384. The third-order valence-electron chi connectivity index (χ3n) is 5.65. The standard InChI is InChI=1S/C21H20Cl2N6O5/c1-9-2-3-13(29(33)34)7-15(9)25-19(31)14-8-16(30)26-18-17(14)20(32)28-21(27-18)24-12-5-10(22)4-11(23)6-12/h2-7,14,17-18,21,24,27H,8H2,1H3,(H,25,31)(H,26,30)(H,28,32). The largest absolute Gasteiger partial charge is 0.353 e. The quantitative estimate of drug-likeness (QED) is 0.307. The van der Waals surface area contributed by atoms with Crippen molar-refractivity contribution in [3.63, 3.8) is 0 Å². The van der Waals surface area contributed by atoms with Crippen LogP contribution >= 0.6 is 23.2 Å². The zero-order valence-electron chi connectivity index (χ0n) is 17.7. The molecule has 0 aliphatic carbocycles. The maximum atomic E-state index is 13.1. The number of hydrogen-bond donors (Lipinski definition) is 5. The number of nitro groups is 1. The Morgan fingerprint density at radius 3 is 2.50 bits per heavy atom. The molecule has 4 unspecified atom stereocenters. The summed E-state index contributed by atoms with van der Waals surface area (Å²) in [5.74, 6) is -3.35. The van der Waals surface area contributed by atoms with E-state index in [-0.39, 0.29) is 17.8 Å². The summed E-state index contributed by atoms with van der Waals surface area (Å²) in [4.78, 5) is 48.9. The Hall–Kier alpha value is -3.41. The second-order valence-corrected chi connectivity index (χ2v) is 8.91. The summed E-state index contributed by atoms with van der Waals surface area (Å²) < 4.78 is 0. The first-order chi connectivity index (χ1) is 16.1. The predicted octanol–water partition coefficient (Wildman–Crippen LogP) is 2.34. The average Bonchev–Trinajstić information content (AvgIpc) is 2.73. The number of anilines is 2. The SMILES string of the molecule is Cc1ccc([N+](=O)[O-])cc1NC(=O)C1CC(=O)NC2NC(Nc3cc(Cl)cc(Cl)c3)NC(=O)C21. The molecule has 3 amide bonds. The molecule has 2 saturated heterocycles. The first kappa shape index (κ1) is 23.7. The Labute approximate surface area is 203 Å². The minimum atomic E-state index is -0.994. The van der Waals surface area contributed by atoms with E-state index in [1.165, 1.54) is 18.2 Å². The van der Waals surface area contributed by atoms with Crippen LogP contribution in [0.1, 0.15) is 12.0 Å². The fraction of sp³-hybridized carbons (Fsp3) is 0.286. The van der Waals surface area contributed by atoms with Crippen molar-refractivity contribution in [1.82, 2.24) is 16.0 Å². The van der Waals surface area contributed by atoms with E-state index in [9.17, 15) is 24.5 Å². The van der Waals surface area contributed by atoms with Gasteiger partial charge in [0.15, 0.2) is 6.29 Å². The minimum Gasteiger partial charge on any atom is -0.353 e. The molecular weight excluding hydrogens is 487 g/mol. The Bertz CT molecular complexity index is 1170. The highest BCUT2D eigenvalue weighted by Crippen LogP contribution is 2.30. The molecule has 5 N–H and O–H groups in total. The zero-order chi connectivity index (χ0) is 24.6. The number of piperidine rings is 1. The number of non-ortho nitro benzene ring substituents is 1. The average molecular weight is 507 g/mol. The van der Waals surface area contributed by atoms with Gasteiger partial charge in [-0.1, -0.05) is 29.3 Å². The molecule has 2 fully saturated rings. The van der Waals surface area contributed by atoms with Gasteiger partial charge in [0.1, 0.15) is 0 Å². The molecule has 0 bridgehead atoms. The molecule has 11 nitrogen and oxygen atoms in total. The van der Waals surface area contributed by atoms with Gasteiger partial charge in [-0.25, -0.2) is 0 Å². The van der Waals surface area contributed by atoms with Gasteiger partial charge in [-0.05, 0) is 30.7 Å². The van der Waals surface area contributed by atoms with E-state index in [1.807, 2.05) is 0 Å². The molecule has 4 rings (SSSR count). The summed E-state index contributed by atoms with van der Waals surface area (Å²) in [6.45, 7) is 1.68. The topological polar surface area (TPSA) is 154 Å². The number of nitrogens with one attached hydrogen (secondary N) is 5. The van der Waals surface area contributed by atoms with Gasteiger partial charge in [-0.15, -0.1) is 0 Å². The molecule has 0 radical (unpaired) electrons. The van der Waals surface area contributed by atoms with Crippen molar-refractivity contribution in [3.05, 3.63) is 62.1 Å². The highest BCUT2D eigenvalue weighted by atomic mass is 35.5. The zero-order valence-corrected chi connectivity index (χ0v) is 19.2. The highest BCUT2D eigenvalue weighted by Gasteiger charge is 2.48. The summed E-state index contributed by atoms with van der Waals surface area (Å²) in [6, 6.07) is 8.87. The number of hydrogen-bond acceptors (Lipinski definition) is 7. The molecular formula is C21H20Cl2N6O5. The highest BCUT2D eigenvalue weighted by molar-refractivity contribution is 6.35. The number of nitro benzene ring substituents is 1. The third-order valence-corrected chi connectivity index (χ3v) is 6.09. The molecule has 2 aliphatic heterocycles. The maximum absolute atomic E-state index is 13.1. The van der Waals surface area contributed by atoms with Crippen molar-refractivity contribution in [3.8, 4) is 0 Å². The van der Waals surface area contributed by atoms with Gasteiger partial charge in [0.25, 0.3) is 5.69 Å². The van der Waals surface area contributed by atoms with Crippen molar-refractivity contribution in [1.29, 1.82) is 0 Å². The monoisotopic (exact) mass is 506 g/mol. The number of halogens is 2. The number of amides is 3. The number of rotatable bonds is 5. The molecule has 13 heteroatoms. The van der Waals surface area contributed by atoms with E-state index < -0.39 is 46.9 Å². The Balaban J connectivity index is 1.51. The summed E-state index contributed by atoms with van der Waals surface area (Å²) >= 11 is 12.0. The van der Waals surface area contributed by atoms with Gasteiger partial charge in [-0.3, -0.25) is 29.8 Å². The van der Waals surface area contributed by atoms with Gasteiger partial charge >= 0.3 is 0 Å². The van der Waals surface area contributed by atoms with Gasteiger partial charge in [0.2, 0.25) is 17.7 Å². The number of carbonyl (C=O) groups is 3. The second kappa shape index (κ2) is 9.45. The van der Waals surface area contributed by atoms with Crippen molar-refractivity contribution >= 4 is 58.0 Å². The summed E-state index contributed by atoms with van der Waals surface area (Å²) in [5.41, 5.74) is 1.19. The van der Waals surface area contributed by atoms with Crippen molar-refractivity contribution < 1.29 is 19.3 Å². The normalized spacial score (nSPS) is 23.9. The van der Waals surface area contributed by atoms with Crippen LogP contribution in [0.4, 0.5) is 17.1 Å². The number of aryl methyl sites for hydroxylation is 1. The van der Waals surface area contributed by atoms with E-state index in [0.29, 0.717) is 21.3 Å². The molecule has 2 heterocycles. The van der Waals surface area contributed by atoms with Crippen LogP contribution in [0.5, 0.6) is 0 Å². The van der Waals surface area contributed by atoms with Crippen LogP contribution in [0.2, 0.25) is 10.0 Å².